The molecule has 2 aliphatic rings. The van der Waals surface area contributed by atoms with E-state index >= 15 is 0 Å². The molecule has 2 fully saturated rings. The third-order valence-corrected chi connectivity index (χ3v) is 12.9. The van der Waals surface area contributed by atoms with E-state index in [0.29, 0.717) is 12.8 Å². The molecular weight excluding hydrogens is 877 g/mol. The number of hydrogen-bond donors (Lipinski definition) is 7. The number of aliphatic hydroxyl groups excluding tert-OH is 7. The molecule has 2 aliphatic heterocycles. The van der Waals surface area contributed by atoms with Gasteiger partial charge in [-0.1, -0.05) is 179 Å². The smallest absolute Gasteiger partial charge is 0.306 e. The zero-order chi connectivity index (χ0) is 49.6. The molecule has 2 saturated heterocycles. The molecule has 15 nitrogen and oxygen atoms in total. The van der Waals surface area contributed by atoms with Crippen LogP contribution in [0.4, 0.5) is 0 Å². The molecule has 15 heteroatoms. The summed E-state index contributed by atoms with van der Waals surface area (Å²) >= 11 is 0. The first kappa shape index (κ1) is 62.1. The van der Waals surface area contributed by atoms with Crippen LogP contribution in [-0.4, -0.2) is 142 Å². The van der Waals surface area contributed by atoms with E-state index in [1.54, 1.807) is 0 Å². The molecule has 0 aliphatic carbocycles. The first-order valence-corrected chi connectivity index (χ1v) is 26.9. The van der Waals surface area contributed by atoms with E-state index in [4.69, 9.17) is 28.4 Å². The molecule has 2 rings (SSSR count). The van der Waals surface area contributed by atoms with Crippen molar-refractivity contribution in [2.24, 2.45) is 0 Å². The van der Waals surface area contributed by atoms with Gasteiger partial charge in [0.1, 0.15) is 55.4 Å². The minimum atomic E-state index is -1.76. The summed E-state index contributed by atoms with van der Waals surface area (Å²) in [5.74, 6) is -0.932. The Balaban J connectivity index is 1.78. The number of allylic oxidation sites excluding steroid dienone is 4. The number of esters is 2. The zero-order valence-corrected chi connectivity index (χ0v) is 42.1. The van der Waals surface area contributed by atoms with Gasteiger partial charge >= 0.3 is 11.9 Å². The number of carbonyl (C=O) groups excluding carboxylic acids is 2. The summed E-state index contributed by atoms with van der Waals surface area (Å²) in [4.78, 5) is 25.8. The van der Waals surface area contributed by atoms with Crippen molar-refractivity contribution in [2.45, 2.75) is 274 Å². The van der Waals surface area contributed by atoms with Gasteiger partial charge in [-0.05, 0) is 38.5 Å². The highest BCUT2D eigenvalue weighted by Gasteiger charge is 2.47. The van der Waals surface area contributed by atoms with Gasteiger partial charge in [0.15, 0.2) is 18.7 Å². The molecule has 2 heterocycles. The summed E-state index contributed by atoms with van der Waals surface area (Å²) < 4.78 is 33.6. The van der Waals surface area contributed by atoms with Crippen molar-refractivity contribution in [3.05, 3.63) is 24.3 Å². The molecule has 0 radical (unpaired) electrons. The second-order valence-corrected chi connectivity index (χ2v) is 19.1. The topological polar surface area (TPSA) is 231 Å². The predicted octanol–water partition coefficient (Wildman–Crippen LogP) is 7.94. The van der Waals surface area contributed by atoms with Crippen LogP contribution in [0.15, 0.2) is 24.3 Å². The third-order valence-electron chi connectivity index (χ3n) is 12.9. The predicted molar refractivity (Wildman–Crippen MR) is 261 cm³/mol. The number of unbranched alkanes of at least 4 members (excludes halogenated alkanes) is 24. The van der Waals surface area contributed by atoms with Crippen LogP contribution >= 0.6 is 0 Å². The first-order chi connectivity index (χ1) is 33.0. The van der Waals surface area contributed by atoms with Crippen molar-refractivity contribution in [1.82, 2.24) is 0 Å². The van der Waals surface area contributed by atoms with Crippen LogP contribution in [0.3, 0.4) is 0 Å². The van der Waals surface area contributed by atoms with E-state index in [1.807, 2.05) is 0 Å². The summed E-state index contributed by atoms with van der Waals surface area (Å²) in [7, 11) is 0. The normalized spacial score (nSPS) is 25.9. The van der Waals surface area contributed by atoms with Gasteiger partial charge < -0.3 is 64.2 Å². The minimum Gasteiger partial charge on any atom is -0.462 e. The van der Waals surface area contributed by atoms with Crippen LogP contribution in [0.25, 0.3) is 0 Å². The van der Waals surface area contributed by atoms with Gasteiger partial charge in [0, 0.05) is 12.8 Å². The van der Waals surface area contributed by atoms with Crippen molar-refractivity contribution in [3.63, 3.8) is 0 Å². The second kappa shape index (κ2) is 40.6. The Labute approximate surface area is 409 Å². The van der Waals surface area contributed by atoms with Crippen LogP contribution in [0.2, 0.25) is 0 Å². The maximum absolute atomic E-state index is 13.0. The summed E-state index contributed by atoms with van der Waals surface area (Å²) in [5.41, 5.74) is 0. The van der Waals surface area contributed by atoms with Gasteiger partial charge in [-0.2, -0.15) is 0 Å². The fourth-order valence-electron chi connectivity index (χ4n) is 8.47. The van der Waals surface area contributed by atoms with E-state index in [-0.39, 0.29) is 26.1 Å². The monoisotopic (exact) mass is 973 g/mol. The Morgan fingerprint density at radius 3 is 1.41 bits per heavy atom. The van der Waals surface area contributed by atoms with E-state index in [9.17, 15) is 45.3 Å². The quantitative estimate of drug-likeness (QED) is 0.0175. The molecular formula is C53H96O15. The van der Waals surface area contributed by atoms with Crippen molar-refractivity contribution >= 4 is 11.9 Å². The highest BCUT2D eigenvalue weighted by atomic mass is 16.7. The number of carbonyl (C=O) groups is 2. The number of rotatable bonds is 42. The Hall–Kier alpha value is -2.02. The van der Waals surface area contributed by atoms with Gasteiger partial charge in [0.2, 0.25) is 0 Å². The van der Waals surface area contributed by atoms with E-state index in [0.717, 1.165) is 64.2 Å². The fraction of sp³-hybridized carbons (Fsp3) is 0.887. The molecule has 0 aromatic carbocycles. The Morgan fingerprint density at radius 1 is 0.471 bits per heavy atom. The molecule has 11 unspecified atom stereocenters. The minimum absolute atomic E-state index is 0.152. The zero-order valence-electron chi connectivity index (χ0n) is 42.1. The largest absolute Gasteiger partial charge is 0.462 e. The van der Waals surface area contributed by atoms with E-state index in [2.05, 4.69) is 38.2 Å². The highest BCUT2D eigenvalue weighted by molar-refractivity contribution is 5.70. The van der Waals surface area contributed by atoms with Crippen LogP contribution in [0, 0.1) is 0 Å². The van der Waals surface area contributed by atoms with Crippen LogP contribution in [-0.2, 0) is 38.0 Å². The second-order valence-electron chi connectivity index (χ2n) is 19.1. The molecule has 0 bridgehead atoms. The third kappa shape index (κ3) is 28.1. The lowest BCUT2D eigenvalue weighted by Crippen LogP contribution is -2.61. The van der Waals surface area contributed by atoms with Crippen molar-refractivity contribution in [1.29, 1.82) is 0 Å². The molecule has 0 aromatic heterocycles. The van der Waals surface area contributed by atoms with Crippen molar-refractivity contribution in [2.75, 3.05) is 26.4 Å². The molecule has 68 heavy (non-hydrogen) atoms. The Kier molecular flexibility index (Phi) is 37.0. The highest BCUT2D eigenvalue weighted by Crippen LogP contribution is 2.26. The molecule has 11 atom stereocenters. The average molecular weight is 973 g/mol. The van der Waals surface area contributed by atoms with E-state index in [1.165, 1.54) is 103 Å². The molecule has 0 amide bonds. The molecule has 0 aromatic rings. The summed E-state index contributed by atoms with van der Waals surface area (Å²) in [6.07, 6.45) is 24.9. The van der Waals surface area contributed by atoms with Crippen LogP contribution in [0.1, 0.15) is 206 Å². The summed E-state index contributed by atoms with van der Waals surface area (Å²) in [5, 5.41) is 72.1. The van der Waals surface area contributed by atoms with Gasteiger partial charge in [0.05, 0.1) is 19.8 Å². The number of aliphatic hydroxyl groups is 7. The molecule has 0 saturated carbocycles. The molecule has 398 valence electrons. The van der Waals surface area contributed by atoms with E-state index < -0.39 is 92.7 Å². The lowest BCUT2D eigenvalue weighted by atomic mass is 9.98. The fourth-order valence-corrected chi connectivity index (χ4v) is 8.47. The van der Waals surface area contributed by atoms with Gasteiger partial charge in [-0.15, -0.1) is 0 Å². The maximum atomic E-state index is 13.0. The Bertz CT molecular complexity index is 1280. The number of ether oxygens (including phenoxy) is 6. The SMILES string of the molecule is CCCC/C=C\C/C=C\CCCCCCCC(=O)OC(COC(=O)CCCCCCCCCCCCCCCCCCCC)COC1OC(COC2OC(CO)C(O)C(O)C2O)C(O)C(O)C1O. The van der Waals surface area contributed by atoms with Crippen molar-refractivity contribution < 1.29 is 73.8 Å². The lowest BCUT2D eigenvalue weighted by Gasteiger charge is -2.42. The van der Waals surface area contributed by atoms with Crippen LogP contribution in [0.5, 0.6) is 0 Å². The standard InChI is InChI=1S/C53H96O15/c1-3-5-7-9-11-13-15-17-19-20-21-22-24-25-27-29-31-33-35-44(55)63-38-41(66-45(56)36-34-32-30-28-26-23-18-16-14-12-10-8-6-4-2)39-64-52-51(62)49(60)47(58)43(68-52)40-65-53-50(61)48(59)46(57)42(37-54)67-53/h10,12,16,18,41-43,46-54,57-62H,3-9,11,13-15,17,19-40H2,1-2H3/b12-10-,18-16-. The van der Waals surface area contributed by atoms with Gasteiger partial charge in [0.25, 0.3) is 0 Å². The number of hydrogen-bond acceptors (Lipinski definition) is 15. The van der Waals surface area contributed by atoms with Gasteiger partial charge in [-0.3, -0.25) is 9.59 Å². The average Bonchev–Trinajstić information content (AvgIpc) is 3.33. The summed E-state index contributed by atoms with van der Waals surface area (Å²) in [6, 6.07) is 0. The molecule has 7 N–H and O–H groups in total. The van der Waals surface area contributed by atoms with Crippen molar-refractivity contribution in [3.8, 4) is 0 Å². The van der Waals surface area contributed by atoms with Gasteiger partial charge in [-0.25, -0.2) is 0 Å². The van der Waals surface area contributed by atoms with Crippen LogP contribution < -0.4 is 0 Å². The summed E-state index contributed by atoms with van der Waals surface area (Å²) in [6.45, 7) is 2.56. The maximum Gasteiger partial charge on any atom is 0.306 e. The molecule has 0 spiro atoms. The Morgan fingerprint density at radius 2 is 0.897 bits per heavy atom. The lowest BCUT2D eigenvalue weighted by molar-refractivity contribution is -0.332. The first-order valence-electron chi connectivity index (χ1n) is 26.9.